The lowest BCUT2D eigenvalue weighted by atomic mass is 9.91. The molecule has 0 aliphatic carbocycles. The minimum Gasteiger partial charge on any atom is -0.508 e. The second-order valence-corrected chi connectivity index (χ2v) is 9.88. The van der Waals surface area contributed by atoms with E-state index in [9.17, 15) is 9.90 Å². The number of carboxylic acid groups (broad SMARTS) is 1. The predicted molar refractivity (Wildman–Crippen MR) is 138 cm³/mol. The van der Waals surface area contributed by atoms with Gasteiger partial charge in [0.25, 0.3) is 0 Å². The molecule has 2 saturated heterocycles. The summed E-state index contributed by atoms with van der Waals surface area (Å²) >= 11 is 0. The summed E-state index contributed by atoms with van der Waals surface area (Å²) in [5.74, 6) is 0.440. The van der Waals surface area contributed by atoms with Crippen LogP contribution in [-0.4, -0.2) is 63.6 Å². The normalized spacial score (nSPS) is 18.5. The molecule has 35 heavy (non-hydrogen) atoms. The van der Waals surface area contributed by atoms with Gasteiger partial charge in [-0.15, -0.1) is 0 Å². The molecular formula is C28H34N4O3. The lowest BCUT2D eigenvalue weighted by molar-refractivity contribution is -0.138. The van der Waals surface area contributed by atoms with E-state index in [0.29, 0.717) is 18.4 Å². The van der Waals surface area contributed by atoms with Crippen molar-refractivity contribution in [2.45, 2.75) is 38.1 Å². The van der Waals surface area contributed by atoms with Crippen LogP contribution in [0.25, 0.3) is 17.0 Å². The standard InChI is InChI=1S/C28H34N4O3/c33-24-6-3-22(4-7-24)18-32-26-17-21(2-1-20-9-13-29-14-10-20)5-8-25(26)28(30-32)23-11-15-31(16-12-23)19-27(34)35/h1-8,17,20,23,29,33H,9-16,18-19H2,(H,34,35)/b2-1+. The minimum absolute atomic E-state index is 0.107. The zero-order chi connectivity index (χ0) is 24.2. The molecule has 0 radical (unpaired) electrons. The van der Waals surface area contributed by atoms with Crippen molar-refractivity contribution in [3.8, 4) is 5.75 Å². The van der Waals surface area contributed by atoms with Gasteiger partial charge in [0.1, 0.15) is 5.75 Å². The molecule has 0 saturated carbocycles. The van der Waals surface area contributed by atoms with Gasteiger partial charge in [0.05, 0.1) is 24.3 Å². The molecule has 2 fully saturated rings. The molecule has 184 valence electrons. The van der Waals surface area contributed by atoms with Crippen molar-refractivity contribution in [1.29, 1.82) is 0 Å². The van der Waals surface area contributed by atoms with Crippen molar-refractivity contribution in [1.82, 2.24) is 20.0 Å². The number of rotatable bonds is 7. The van der Waals surface area contributed by atoms with E-state index < -0.39 is 5.97 Å². The van der Waals surface area contributed by atoms with E-state index in [2.05, 4.69) is 40.3 Å². The maximum absolute atomic E-state index is 11.1. The third-order valence-electron chi connectivity index (χ3n) is 7.35. The Morgan fingerprint density at radius 3 is 2.51 bits per heavy atom. The number of phenolic OH excluding ortho intramolecular Hbond substituents is 1. The van der Waals surface area contributed by atoms with E-state index in [0.717, 1.165) is 55.8 Å². The number of hydrogen-bond donors (Lipinski definition) is 3. The number of aromatic nitrogens is 2. The highest BCUT2D eigenvalue weighted by molar-refractivity contribution is 5.85. The molecule has 0 spiro atoms. The number of aliphatic carboxylic acids is 1. The number of nitrogens with one attached hydrogen (secondary N) is 1. The van der Waals surface area contributed by atoms with Gasteiger partial charge in [-0.25, -0.2) is 0 Å². The first-order valence-electron chi connectivity index (χ1n) is 12.7. The molecule has 0 unspecified atom stereocenters. The lowest BCUT2D eigenvalue weighted by Crippen LogP contribution is -2.36. The molecule has 3 heterocycles. The number of carbonyl (C=O) groups is 1. The van der Waals surface area contributed by atoms with Gasteiger partial charge >= 0.3 is 5.97 Å². The Bertz CT molecular complexity index is 1190. The number of phenols is 1. The Morgan fingerprint density at radius 2 is 1.80 bits per heavy atom. The van der Waals surface area contributed by atoms with Crippen LogP contribution in [0.4, 0.5) is 0 Å². The Labute approximate surface area is 206 Å². The molecule has 7 heteroatoms. The third kappa shape index (κ3) is 5.74. The van der Waals surface area contributed by atoms with Gasteiger partial charge in [0.2, 0.25) is 0 Å². The van der Waals surface area contributed by atoms with E-state index in [1.54, 1.807) is 12.1 Å². The molecule has 2 aliphatic heterocycles. The molecule has 3 aromatic rings. The Morgan fingerprint density at radius 1 is 1.06 bits per heavy atom. The average molecular weight is 475 g/mol. The molecule has 0 bridgehead atoms. The number of nitrogens with zero attached hydrogens (tertiary/aromatic N) is 3. The largest absolute Gasteiger partial charge is 0.508 e. The highest BCUT2D eigenvalue weighted by Crippen LogP contribution is 2.33. The maximum Gasteiger partial charge on any atom is 0.317 e. The summed E-state index contributed by atoms with van der Waals surface area (Å²) in [6.45, 7) is 4.47. The Hall–Kier alpha value is -3.16. The van der Waals surface area contributed by atoms with Crippen LogP contribution in [-0.2, 0) is 11.3 Å². The van der Waals surface area contributed by atoms with Crippen molar-refractivity contribution in [3.05, 3.63) is 65.4 Å². The molecule has 0 amide bonds. The third-order valence-corrected chi connectivity index (χ3v) is 7.35. The van der Waals surface area contributed by atoms with Crippen LogP contribution < -0.4 is 5.32 Å². The number of aromatic hydroxyl groups is 1. The fourth-order valence-electron chi connectivity index (χ4n) is 5.36. The number of hydrogen-bond acceptors (Lipinski definition) is 5. The van der Waals surface area contributed by atoms with Crippen molar-refractivity contribution < 1.29 is 15.0 Å². The summed E-state index contributed by atoms with van der Waals surface area (Å²) in [5.41, 5.74) is 4.51. The minimum atomic E-state index is -0.767. The fourth-order valence-corrected chi connectivity index (χ4v) is 5.36. The summed E-state index contributed by atoms with van der Waals surface area (Å²) in [6, 6.07) is 13.9. The van der Waals surface area contributed by atoms with E-state index in [-0.39, 0.29) is 12.3 Å². The number of piperidine rings is 2. The predicted octanol–water partition coefficient (Wildman–Crippen LogP) is 4.07. The zero-order valence-electron chi connectivity index (χ0n) is 20.1. The van der Waals surface area contributed by atoms with Gasteiger partial charge in [0.15, 0.2) is 0 Å². The number of likely N-dealkylation sites (tertiary alicyclic amines) is 1. The number of benzene rings is 2. The second kappa shape index (κ2) is 10.6. The number of allylic oxidation sites excluding steroid dienone is 1. The van der Waals surface area contributed by atoms with E-state index in [1.165, 1.54) is 23.8 Å². The van der Waals surface area contributed by atoms with Crippen molar-refractivity contribution in [2.24, 2.45) is 5.92 Å². The lowest BCUT2D eigenvalue weighted by Gasteiger charge is -2.30. The van der Waals surface area contributed by atoms with Crippen LogP contribution in [0.3, 0.4) is 0 Å². The van der Waals surface area contributed by atoms with Gasteiger partial charge in [-0.05, 0) is 87.1 Å². The fraction of sp³-hybridized carbons (Fsp3) is 0.429. The summed E-state index contributed by atoms with van der Waals surface area (Å²) in [4.78, 5) is 13.1. The van der Waals surface area contributed by atoms with Gasteiger partial charge < -0.3 is 15.5 Å². The molecule has 0 atom stereocenters. The second-order valence-electron chi connectivity index (χ2n) is 9.88. The van der Waals surface area contributed by atoms with E-state index >= 15 is 0 Å². The molecule has 1 aromatic heterocycles. The van der Waals surface area contributed by atoms with Crippen LogP contribution in [0.15, 0.2) is 48.5 Å². The maximum atomic E-state index is 11.1. The molecule has 5 rings (SSSR count). The number of fused-ring (bicyclic) bond motifs is 1. The van der Waals surface area contributed by atoms with Crippen LogP contribution >= 0.6 is 0 Å². The highest BCUT2D eigenvalue weighted by Gasteiger charge is 2.26. The summed E-state index contributed by atoms with van der Waals surface area (Å²) in [7, 11) is 0. The Kier molecular flexibility index (Phi) is 7.16. The van der Waals surface area contributed by atoms with Gasteiger partial charge in [-0.1, -0.05) is 36.4 Å². The zero-order valence-corrected chi connectivity index (χ0v) is 20.1. The van der Waals surface area contributed by atoms with Crippen LogP contribution in [0.5, 0.6) is 5.75 Å². The van der Waals surface area contributed by atoms with Gasteiger partial charge in [-0.3, -0.25) is 14.4 Å². The van der Waals surface area contributed by atoms with Crippen molar-refractivity contribution >= 4 is 22.9 Å². The van der Waals surface area contributed by atoms with E-state index in [1.807, 2.05) is 17.0 Å². The van der Waals surface area contributed by atoms with Crippen LogP contribution in [0, 0.1) is 5.92 Å². The Balaban J connectivity index is 1.43. The van der Waals surface area contributed by atoms with Crippen molar-refractivity contribution in [2.75, 3.05) is 32.7 Å². The van der Waals surface area contributed by atoms with Crippen LogP contribution in [0.2, 0.25) is 0 Å². The SMILES string of the molecule is O=C(O)CN1CCC(c2nn(Cc3ccc(O)cc3)c3cc(/C=C/C4CCNCC4)ccc23)CC1. The molecule has 7 nitrogen and oxygen atoms in total. The molecular weight excluding hydrogens is 440 g/mol. The summed E-state index contributed by atoms with van der Waals surface area (Å²) < 4.78 is 2.09. The summed E-state index contributed by atoms with van der Waals surface area (Å²) in [6.07, 6.45) is 8.79. The molecule has 2 aromatic carbocycles. The van der Waals surface area contributed by atoms with Crippen molar-refractivity contribution in [3.63, 3.8) is 0 Å². The molecule has 2 aliphatic rings. The topological polar surface area (TPSA) is 90.6 Å². The number of carboxylic acids is 1. The van der Waals surface area contributed by atoms with E-state index in [4.69, 9.17) is 10.2 Å². The summed E-state index contributed by atoms with van der Waals surface area (Å²) in [5, 5.41) is 28.5. The van der Waals surface area contributed by atoms with Crippen LogP contribution in [0.1, 0.15) is 48.4 Å². The average Bonchev–Trinajstić information content (AvgIpc) is 3.22. The first kappa shape index (κ1) is 23.6. The monoisotopic (exact) mass is 474 g/mol. The molecule has 3 N–H and O–H groups in total. The first-order valence-corrected chi connectivity index (χ1v) is 12.7. The first-order chi connectivity index (χ1) is 17.0. The highest BCUT2D eigenvalue weighted by atomic mass is 16.4. The smallest absolute Gasteiger partial charge is 0.317 e. The quantitative estimate of drug-likeness (QED) is 0.478. The van der Waals surface area contributed by atoms with Gasteiger partial charge in [-0.2, -0.15) is 5.10 Å². The van der Waals surface area contributed by atoms with Gasteiger partial charge in [0, 0.05) is 11.3 Å².